The molecule has 0 amide bonds. The molecule has 0 radical (unpaired) electrons. The van der Waals surface area contributed by atoms with E-state index >= 15 is 0 Å². The van der Waals surface area contributed by atoms with E-state index in [1.54, 1.807) is 25.1 Å². The predicted molar refractivity (Wildman–Crippen MR) is 63.4 cm³/mol. The van der Waals surface area contributed by atoms with Crippen molar-refractivity contribution in [2.45, 2.75) is 13.8 Å². The minimum absolute atomic E-state index is 0.139. The molecule has 1 heterocycles. The molecule has 4 nitrogen and oxygen atoms in total. The van der Waals surface area contributed by atoms with Crippen LogP contribution in [0.4, 0.5) is 0 Å². The van der Waals surface area contributed by atoms with Crippen LogP contribution in [-0.4, -0.2) is 16.1 Å². The van der Waals surface area contributed by atoms with Crippen molar-refractivity contribution >= 4 is 17.6 Å². The minimum Gasteiger partial charge on any atom is -0.475 e. The molecule has 0 aliphatic heterocycles. The third-order valence-corrected chi connectivity index (χ3v) is 2.90. The van der Waals surface area contributed by atoms with Gasteiger partial charge in [0.25, 0.3) is 0 Å². The molecule has 0 spiro atoms. The molecule has 2 rings (SSSR count). The van der Waals surface area contributed by atoms with Crippen molar-refractivity contribution in [2.75, 3.05) is 0 Å². The standard InChI is InChI=1S/C12H10ClNO3/c1-6-8(4-3-5-9(6)13)11-14-7(2)10(17-11)12(15)16/h3-5H,1-2H3,(H,15,16). The van der Waals surface area contributed by atoms with E-state index in [0.29, 0.717) is 16.3 Å². The number of nitrogens with zero attached hydrogens (tertiary/aromatic N) is 1. The van der Waals surface area contributed by atoms with Gasteiger partial charge in [-0.15, -0.1) is 0 Å². The zero-order valence-corrected chi connectivity index (χ0v) is 10.1. The van der Waals surface area contributed by atoms with Crippen LogP contribution in [-0.2, 0) is 0 Å². The quantitative estimate of drug-likeness (QED) is 0.889. The molecule has 0 aliphatic carbocycles. The number of hydrogen-bond donors (Lipinski definition) is 1. The fourth-order valence-electron chi connectivity index (χ4n) is 1.55. The SMILES string of the molecule is Cc1nc(-c2cccc(Cl)c2C)oc1C(=O)O. The number of oxazole rings is 1. The third kappa shape index (κ3) is 2.03. The van der Waals surface area contributed by atoms with Crippen LogP contribution in [0.2, 0.25) is 5.02 Å². The zero-order chi connectivity index (χ0) is 12.6. The largest absolute Gasteiger partial charge is 0.475 e. The highest BCUT2D eigenvalue weighted by atomic mass is 35.5. The summed E-state index contributed by atoms with van der Waals surface area (Å²) in [7, 11) is 0. The number of aromatic nitrogens is 1. The highest BCUT2D eigenvalue weighted by Crippen LogP contribution is 2.29. The minimum atomic E-state index is -1.12. The Labute approximate surface area is 103 Å². The number of aryl methyl sites for hydroxylation is 1. The van der Waals surface area contributed by atoms with E-state index in [4.69, 9.17) is 21.1 Å². The van der Waals surface area contributed by atoms with Gasteiger partial charge in [-0.3, -0.25) is 0 Å². The van der Waals surface area contributed by atoms with Crippen LogP contribution in [0.1, 0.15) is 21.8 Å². The van der Waals surface area contributed by atoms with Gasteiger partial charge < -0.3 is 9.52 Å². The summed E-state index contributed by atoms with van der Waals surface area (Å²) >= 11 is 5.99. The third-order valence-electron chi connectivity index (χ3n) is 2.49. The lowest BCUT2D eigenvalue weighted by atomic mass is 10.1. The number of carboxylic acids is 1. The van der Waals surface area contributed by atoms with Crippen LogP contribution in [0.25, 0.3) is 11.5 Å². The predicted octanol–water partition coefficient (Wildman–Crippen LogP) is 3.31. The van der Waals surface area contributed by atoms with Crippen LogP contribution in [0.5, 0.6) is 0 Å². The van der Waals surface area contributed by atoms with Crippen LogP contribution < -0.4 is 0 Å². The maximum atomic E-state index is 10.9. The molecule has 0 saturated carbocycles. The molecule has 0 fully saturated rings. The first-order chi connectivity index (χ1) is 8.00. The van der Waals surface area contributed by atoms with E-state index in [1.807, 2.05) is 6.92 Å². The van der Waals surface area contributed by atoms with E-state index < -0.39 is 5.97 Å². The lowest BCUT2D eigenvalue weighted by Gasteiger charge is -2.02. The normalized spacial score (nSPS) is 10.5. The average molecular weight is 252 g/mol. The maximum Gasteiger partial charge on any atom is 0.373 e. The van der Waals surface area contributed by atoms with Crippen molar-refractivity contribution in [3.63, 3.8) is 0 Å². The lowest BCUT2D eigenvalue weighted by Crippen LogP contribution is -1.95. The number of hydrogen-bond acceptors (Lipinski definition) is 3. The Hall–Kier alpha value is -1.81. The van der Waals surface area contributed by atoms with Crippen molar-refractivity contribution in [3.8, 4) is 11.5 Å². The molecule has 0 saturated heterocycles. The molecule has 1 N–H and O–H groups in total. The smallest absolute Gasteiger partial charge is 0.373 e. The van der Waals surface area contributed by atoms with E-state index in [2.05, 4.69) is 4.98 Å². The van der Waals surface area contributed by atoms with E-state index in [9.17, 15) is 4.79 Å². The Kier molecular flexibility index (Phi) is 2.90. The monoisotopic (exact) mass is 251 g/mol. The number of carbonyl (C=O) groups is 1. The molecule has 1 aromatic heterocycles. The maximum absolute atomic E-state index is 10.9. The second-order valence-corrected chi connectivity index (χ2v) is 4.06. The number of carboxylic acid groups (broad SMARTS) is 1. The highest BCUT2D eigenvalue weighted by molar-refractivity contribution is 6.31. The molecule has 0 aliphatic rings. The Morgan fingerprint density at radius 2 is 2.12 bits per heavy atom. The molecule has 0 unspecified atom stereocenters. The van der Waals surface area contributed by atoms with E-state index in [0.717, 1.165) is 5.56 Å². The second-order valence-electron chi connectivity index (χ2n) is 3.65. The highest BCUT2D eigenvalue weighted by Gasteiger charge is 2.18. The summed E-state index contributed by atoms with van der Waals surface area (Å²) in [5.41, 5.74) is 1.87. The van der Waals surface area contributed by atoms with E-state index in [1.165, 1.54) is 0 Å². The van der Waals surface area contributed by atoms with Crippen LogP contribution in [0, 0.1) is 13.8 Å². The average Bonchev–Trinajstić information content (AvgIpc) is 2.64. The summed E-state index contributed by atoms with van der Waals surface area (Å²) < 4.78 is 5.23. The zero-order valence-electron chi connectivity index (χ0n) is 9.32. The van der Waals surface area contributed by atoms with Crippen LogP contribution in [0.15, 0.2) is 22.6 Å². The molecule has 1 aromatic carbocycles. The van der Waals surface area contributed by atoms with Gasteiger partial charge in [-0.05, 0) is 31.5 Å². The van der Waals surface area contributed by atoms with Gasteiger partial charge in [0.2, 0.25) is 11.7 Å². The van der Waals surface area contributed by atoms with Gasteiger partial charge in [0, 0.05) is 10.6 Å². The molecule has 0 atom stereocenters. The molecule has 2 aromatic rings. The van der Waals surface area contributed by atoms with Crippen molar-refractivity contribution in [1.82, 2.24) is 4.98 Å². The number of rotatable bonds is 2. The van der Waals surface area contributed by atoms with E-state index in [-0.39, 0.29) is 11.7 Å². The van der Waals surface area contributed by atoms with Crippen molar-refractivity contribution in [2.24, 2.45) is 0 Å². The summed E-state index contributed by atoms with van der Waals surface area (Å²) in [6.07, 6.45) is 0. The molecular formula is C12H10ClNO3. The topological polar surface area (TPSA) is 63.3 Å². The first-order valence-electron chi connectivity index (χ1n) is 4.97. The van der Waals surface area contributed by atoms with Gasteiger partial charge in [0.05, 0.1) is 5.69 Å². The first kappa shape index (κ1) is 11.7. The lowest BCUT2D eigenvalue weighted by molar-refractivity contribution is 0.0662. The van der Waals surface area contributed by atoms with Crippen LogP contribution >= 0.6 is 11.6 Å². The Morgan fingerprint density at radius 1 is 1.41 bits per heavy atom. The summed E-state index contributed by atoms with van der Waals surface area (Å²) in [6.45, 7) is 3.42. The van der Waals surface area contributed by atoms with Gasteiger partial charge in [0.1, 0.15) is 0 Å². The van der Waals surface area contributed by atoms with Gasteiger partial charge in [-0.1, -0.05) is 17.7 Å². The second kappa shape index (κ2) is 4.22. The molecule has 0 bridgehead atoms. The molecule has 88 valence electrons. The van der Waals surface area contributed by atoms with Crippen molar-refractivity contribution in [1.29, 1.82) is 0 Å². The van der Waals surface area contributed by atoms with Gasteiger partial charge >= 0.3 is 5.97 Å². The first-order valence-corrected chi connectivity index (χ1v) is 5.34. The summed E-state index contributed by atoms with van der Waals surface area (Å²) in [6, 6.07) is 5.32. The fourth-order valence-corrected chi connectivity index (χ4v) is 1.72. The molecule has 5 heteroatoms. The molecular weight excluding hydrogens is 242 g/mol. The summed E-state index contributed by atoms with van der Waals surface area (Å²) in [4.78, 5) is 15.0. The van der Waals surface area contributed by atoms with Gasteiger partial charge in [0.15, 0.2) is 0 Å². The van der Waals surface area contributed by atoms with Gasteiger partial charge in [-0.25, -0.2) is 9.78 Å². The summed E-state index contributed by atoms with van der Waals surface area (Å²) in [5.74, 6) is -0.986. The number of halogens is 1. The number of benzene rings is 1. The fraction of sp³-hybridized carbons (Fsp3) is 0.167. The van der Waals surface area contributed by atoms with Crippen molar-refractivity contribution in [3.05, 3.63) is 40.2 Å². The summed E-state index contributed by atoms with van der Waals surface area (Å²) in [5, 5.41) is 9.48. The Balaban J connectivity index is 2.58. The number of aromatic carboxylic acids is 1. The Morgan fingerprint density at radius 3 is 2.71 bits per heavy atom. The van der Waals surface area contributed by atoms with Gasteiger partial charge in [-0.2, -0.15) is 0 Å². The van der Waals surface area contributed by atoms with Crippen molar-refractivity contribution < 1.29 is 14.3 Å². The Bertz CT molecular complexity index is 589. The molecule has 17 heavy (non-hydrogen) atoms. The van der Waals surface area contributed by atoms with Crippen LogP contribution in [0.3, 0.4) is 0 Å².